The van der Waals surface area contributed by atoms with E-state index in [0.717, 1.165) is 17.7 Å². The molecule has 0 radical (unpaired) electrons. The Hall–Kier alpha value is -2.27. The van der Waals surface area contributed by atoms with Gasteiger partial charge >= 0.3 is 0 Å². The first-order chi connectivity index (χ1) is 10.0. The zero-order valence-electron chi connectivity index (χ0n) is 11.4. The van der Waals surface area contributed by atoms with Gasteiger partial charge in [0, 0.05) is 12.1 Å². The van der Waals surface area contributed by atoms with Gasteiger partial charge in [0.1, 0.15) is 17.7 Å². The van der Waals surface area contributed by atoms with Crippen LogP contribution in [0.15, 0.2) is 42.5 Å². The summed E-state index contributed by atoms with van der Waals surface area (Å²) in [7, 11) is 0. The molecule has 1 atom stereocenters. The first-order valence-corrected chi connectivity index (χ1v) is 6.46. The Labute approximate surface area is 121 Å². The molecule has 0 spiro atoms. The van der Waals surface area contributed by atoms with E-state index >= 15 is 0 Å². The van der Waals surface area contributed by atoms with E-state index in [4.69, 9.17) is 0 Å². The lowest BCUT2D eigenvalue weighted by Gasteiger charge is -2.14. The molecule has 1 amide bonds. The molecule has 0 aromatic heterocycles. The van der Waals surface area contributed by atoms with E-state index < -0.39 is 29.2 Å². The van der Waals surface area contributed by atoms with Crippen LogP contribution in [0.4, 0.5) is 8.78 Å². The predicted octanol–water partition coefficient (Wildman–Crippen LogP) is 2.74. The molecule has 0 fully saturated rings. The second-order valence-electron chi connectivity index (χ2n) is 4.68. The predicted molar refractivity (Wildman–Crippen MR) is 74.8 cm³/mol. The van der Waals surface area contributed by atoms with Crippen LogP contribution in [0, 0.1) is 18.6 Å². The summed E-state index contributed by atoms with van der Waals surface area (Å²) in [6.07, 6.45) is -1.45. The van der Waals surface area contributed by atoms with Crippen molar-refractivity contribution in [1.29, 1.82) is 0 Å². The molecule has 2 aromatic rings. The van der Waals surface area contributed by atoms with E-state index in [9.17, 15) is 18.7 Å². The number of rotatable bonds is 4. The Morgan fingerprint density at radius 2 is 1.76 bits per heavy atom. The van der Waals surface area contributed by atoms with Gasteiger partial charge in [-0.2, -0.15) is 0 Å². The standard InChI is InChI=1S/C16H15F2NO2/c1-10-5-2-3-6-11(10)16(21)19-9-14(20)15-12(17)7-4-8-13(15)18/h2-8,14,20H,9H2,1H3,(H,19,21). The van der Waals surface area contributed by atoms with E-state index in [-0.39, 0.29) is 6.54 Å². The van der Waals surface area contributed by atoms with Gasteiger partial charge in [-0.25, -0.2) is 8.78 Å². The van der Waals surface area contributed by atoms with E-state index in [1.54, 1.807) is 31.2 Å². The highest BCUT2D eigenvalue weighted by molar-refractivity contribution is 5.95. The zero-order chi connectivity index (χ0) is 15.4. The van der Waals surface area contributed by atoms with Gasteiger partial charge < -0.3 is 10.4 Å². The first-order valence-electron chi connectivity index (χ1n) is 6.46. The molecule has 1 unspecified atom stereocenters. The van der Waals surface area contributed by atoms with Crippen molar-refractivity contribution in [2.75, 3.05) is 6.54 Å². The number of hydrogen-bond acceptors (Lipinski definition) is 2. The van der Waals surface area contributed by atoms with E-state index in [2.05, 4.69) is 5.32 Å². The van der Waals surface area contributed by atoms with Crippen molar-refractivity contribution < 1.29 is 18.7 Å². The molecule has 0 bridgehead atoms. The van der Waals surface area contributed by atoms with Crippen molar-refractivity contribution in [1.82, 2.24) is 5.32 Å². The smallest absolute Gasteiger partial charge is 0.251 e. The number of benzene rings is 2. The SMILES string of the molecule is Cc1ccccc1C(=O)NCC(O)c1c(F)cccc1F. The number of aryl methyl sites for hydroxylation is 1. The van der Waals surface area contributed by atoms with Gasteiger partial charge in [0.25, 0.3) is 5.91 Å². The maximum atomic E-state index is 13.5. The van der Waals surface area contributed by atoms with Crippen LogP contribution in [0.2, 0.25) is 0 Å². The van der Waals surface area contributed by atoms with Gasteiger partial charge in [-0.15, -0.1) is 0 Å². The van der Waals surface area contributed by atoms with Gasteiger partial charge in [-0.05, 0) is 30.7 Å². The topological polar surface area (TPSA) is 49.3 Å². The molecule has 21 heavy (non-hydrogen) atoms. The lowest BCUT2D eigenvalue weighted by molar-refractivity contribution is 0.0911. The minimum absolute atomic E-state index is 0.273. The lowest BCUT2D eigenvalue weighted by Crippen LogP contribution is -2.29. The quantitative estimate of drug-likeness (QED) is 0.910. The third-order valence-electron chi connectivity index (χ3n) is 3.18. The van der Waals surface area contributed by atoms with Crippen LogP contribution in [0.25, 0.3) is 0 Å². The molecule has 2 N–H and O–H groups in total. The Morgan fingerprint density at radius 3 is 2.38 bits per heavy atom. The third kappa shape index (κ3) is 3.44. The van der Waals surface area contributed by atoms with Gasteiger partial charge in [-0.1, -0.05) is 24.3 Å². The highest BCUT2D eigenvalue weighted by Crippen LogP contribution is 2.20. The fourth-order valence-corrected chi connectivity index (χ4v) is 2.04. The molecule has 110 valence electrons. The summed E-state index contributed by atoms with van der Waals surface area (Å²) in [6.45, 7) is 1.51. The largest absolute Gasteiger partial charge is 0.386 e. The Bertz CT molecular complexity index is 638. The van der Waals surface area contributed by atoms with E-state index in [0.29, 0.717) is 5.56 Å². The minimum Gasteiger partial charge on any atom is -0.386 e. The maximum absolute atomic E-state index is 13.5. The van der Waals surface area contributed by atoms with Crippen LogP contribution in [0.5, 0.6) is 0 Å². The number of carbonyl (C=O) groups is 1. The molecule has 5 heteroatoms. The van der Waals surface area contributed by atoms with Gasteiger partial charge in [0.2, 0.25) is 0 Å². The van der Waals surface area contributed by atoms with Crippen LogP contribution in [-0.2, 0) is 0 Å². The molecule has 3 nitrogen and oxygen atoms in total. The number of nitrogens with one attached hydrogen (secondary N) is 1. The van der Waals surface area contributed by atoms with Crippen molar-refractivity contribution in [2.24, 2.45) is 0 Å². The molecule has 0 aliphatic carbocycles. The summed E-state index contributed by atoms with van der Waals surface area (Å²) in [5.41, 5.74) is 0.794. The minimum atomic E-state index is -1.45. The van der Waals surface area contributed by atoms with Crippen molar-refractivity contribution in [3.63, 3.8) is 0 Å². The Kier molecular flexibility index (Phi) is 4.65. The Balaban J connectivity index is 2.06. The van der Waals surface area contributed by atoms with Crippen molar-refractivity contribution in [3.8, 4) is 0 Å². The van der Waals surface area contributed by atoms with Gasteiger partial charge in [0.15, 0.2) is 0 Å². The maximum Gasteiger partial charge on any atom is 0.251 e. The van der Waals surface area contributed by atoms with Crippen LogP contribution in [-0.4, -0.2) is 17.6 Å². The highest BCUT2D eigenvalue weighted by Gasteiger charge is 2.19. The Morgan fingerprint density at radius 1 is 1.14 bits per heavy atom. The lowest BCUT2D eigenvalue weighted by atomic mass is 10.1. The van der Waals surface area contributed by atoms with Crippen molar-refractivity contribution >= 4 is 5.91 Å². The van der Waals surface area contributed by atoms with Crippen molar-refractivity contribution in [2.45, 2.75) is 13.0 Å². The molecule has 0 heterocycles. The summed E-state index contributed by atoms with van der Waals surface area (Å²) in [5, 5.41) is 12.3. The van der Waals surface area contributed by atoms with E-state index in [1.165, 1.54) is 6.07 Å². The van der Waals surface area contributed by atoms with E-state index in [1.807, 2.05) is 0 Å². The van der Waals surface area contributed by atoms with Gasteiger partial charge in [-0.3, -0.25) is 4.79 Å². The number of aliphatic hydroxyl groups is 1. The summed E-state index contributed by atoms with van der Waals surface area (Å²) in [4.78, 5) is 12.0. The molecule has 0 aliphatic rings. The average Bonchev–Trinajstić information content (AvgIpc) is 2.45. The molecule has 0 saturated carbocycles. The fourth-order valence-electron chi connectivity index (χ4n) is 2.04. The number of carbonyl (C=O) groups excluding carboxylic acids is 1. The second kappa shape index (κ2) is 6.45. The monoisotopic (exact) mass is 291 g/mol. The summed E-state index contributed by atoms with van der Waals surface area (Å²) in [5.74, 6) is -2.08. The van der Waals surface area contributed by atoms with Gasteiger partial charge in [0.05, 0.1) is 5.56 Å². The van der Waals surface area contributed by atoms with Crippen LogP contribution < -0.4 is 5.32 Å². The number of hydrogen-bond donors (Lipinski definition) is 2. The molecular weight excluding hydrogens is 276 g/mol. The second-order valence-corrected chi connectivity index (χ2v) is 4.68. The summed E-state index contributed by atoms with van der Waals surface area (Å²) < 4.78 is 27.0. The average molecular weight is 291 g/mol. The molecule has 2 rings (SSSR count). The molecule has 0 aliphatic heterocycles. The number of halogens is 2. The summed E-state index contributed by atoms with van der Waals surface area (Å²) in [6, 6.07) is 10.3. The van der Waals surface area contributed by atoms with Crippen molar-refractivity contribution in [3.05, 3.63) is 70.8 Å². The first kappa shape index (κ1) is 15.1. The number of amides is 1. The molecular formula is C16H15F2NO2. The highest BCUT2D eigenvalue weighted by atomic mass is 19.1. The number of aliphatic hydroxyl groups excluding tert-OH is 1. The van der Waals surface area contributed by atoms with Crippen LogP contribution in [0.3, 0.4) is 0 Å². The zero-order valence-corrected chi connectivity index (χ0v) is 11.4. The summed E-state index contributed by atoms with van der Waals surface area (Å²) >= 11 is 0. The third-order valence-corrected chi connectivity index (χ3v) is 3.18. The fraction of sp³-hybridized carbons (Fsp3) is 0.188. The van der Waals surface area contributed by atoms with Crippen LogP contribution in [0.1, 0.15) is 27.6 Å². The molecule has 0 saturated heterocycles. The molecule has 2 aromatic carbocycles. The van der Waals surface area contributed by atoms with Crippen LogP contribution >= 0.6 is 0 Å². The normalized spacial score (nSPS) is 12.0.